The molecule has 154 valence electrons. The molecule has 0 aliphatic heterocycles. The first-order valence-electron chi connectivity index (χ1n) is 10.2. The molecule has 0 atom stereocenters. The second-order valence-electron chi connectivity index (χ2n) is 7.51. The summed E-state index contributed by atoms with van der Waals surface area (Å²) >= 11 is 1.45. The Labute approximate surface area is 173 Å². The van der Waals surface area contributed by atoms with Gasteiger partial charge in [0.1, 0.15) is 17.4 Å². The predicted molar refractivity (Wildman–Crippen MR) is 111 cm³/mol. The number of carbonyl (C=O) groups is 2. The van der Waals surface area contributed by atoms with Crippen LogP contribution in [0.3, 0.4) is 0 Å². The van der Waals surface area contributed by atoms with Gasteiger partial charge in [-0.2, -0.15) is 0 Å². The zero-order chi connectivity index (χ0) is 20.5. The zero-order valence-corrected chi connectivity index (χ0v) is 17.6. The van der Waals surface area contributed by atoms with E-state index in [2.05, 4.69) is 10.3 Å². The average Bonchev–Trinajstić information content (AvgIpc) is 3.29. The summed E-state index contributed by atoms with van der Waals surface area (Å²) < 4.78 is 6.66. The van der Waals surface area contributed by atoms with Crippen molar-refractivity contribution in [1.82, 2.24) is 9.55 Å². The Bertz CT molecular complexity index is 1040. The van der Waals surface area contributed by atoms with E-state index >= 15 is 0 Å². The number of thiophene rings is 1. The molecule has 8 heteroatoms. The quantitative estimate of drug-likeness (QED) is 0.759. The summed E-state index contributed by atoms with van der Waals surface area (Å²) in [6, 6.07) is 0. The fourth-order valence-electron chi connectivity index (χ4n) is 4.22. The number of rotatable bonds is 5. The SMILES string of the molecule is CCOC(=O)c1c(NC(=O)Cn2c(C)nc3c(c2=O)CCC3)sc2c1CCCC2. The Balaban J connectivity index is 1.60. The number of hydrogen-bond acceptors (Lipinski definition) is 6. The molecule has 0 bridgehead atoms. The number of hydrogen-bond donors (Lipinski definition) is 1. The van der Waals surface area contributed by atoms with Crippen LogP contribution in [0.1, 0.15) is 64.1 Å². The van der Waals surface area contributed by atoms with E-state index < -0.39 is 5.97 Å². The lowest BCUT2D eigenvalue weighted by Gasteiger charge is -2.13. The Morgan fingerprint density at radius 3 is 2.69 bits per heavy atom. The number of amides is 1. The van der Waals surface area contributed by atoms with E-state index in [1.807, 2.05) is 0 Å². The smallest absolute Gasteiger partial charge is 0.341 e. The maximum atomic E-state index is 12.8. The van der Waals surface area contributed by atoms with Crippen molar-refractivity contribution in [2.45, 2.75) is 65.3 Å². The summed E-state index contributed by atoms with van der Waals surface area (Å²) in [5.74, 6) is -0.185. The van der Waals surface area contributed by atoms with Gasteiger partial charge < -0.3 is 10.1 Å². The van der Waals surface area contributed by atoms with Crippen molar-refractivity contribution in [2.24, 2.45) is 0 Å². The number of aryl methyl sites for hydroxylation is 3. The molecule has 0 spiro atoms. The van der Waals surface area contributed by atoms with Gasteiger partial charge >= 0.3 is 5.97 Å². The lowest BCUT2D eigenvalue weighted by molar-refractivity contribution is -0.116. The van der Waals surface area contributed by atoms with Gasteiger partial charge in [-0.05, 0) is 64.4 Å². The molecule has 1 N–H and O–H groups in total. The van der Waals surface area contributed by atoms with Gasteiger partial charge in [-0.15, -0.1) is 11.3 Å². The van der Waals surface area contributed by atoms with Crippen molar-refractivity contribution >= 4 is 28.2 Å². The first kappa shape index (κ1) is 19.8. The second-order valence-corrected chi connectivity index (χ2v) is 8.62. The first-order valence-corrected chi connectivity index (χ1v) is 11.0. The maximum Gasteiger partial charge on any atom is 0.341 e. The van der Waals surface area contributed by atoms with Crippen LogP contribution in [0, 0.1) is 6.92 Å². The zero-order valence-electron chi connectivity index (χ0n) is 16.8. The highest BCUT2D eigenvalue weighted by Crippen LogP contribution is 2.38. The molecule has 4 rings (SSSR count). The highest BCUT2D eigenvalue weighted by atomic mass is 32.1. The molecule has 0 fully saturated rings. The van der Waals surface area contributed by atoms with Crippen molar-refractivity contribution in [3.8, 4) is 0 Å². The Morgan fingerprint density at radius 2 is 1.90 bits per heavy atom. The largest absolute Gasteiger partial charge is 0.462 e. The normalized spacial score (nSPS) is 15.0. The van der Waals surface area contributed by atoms with Crippen LogP contribution < -0.4 is 10.9 Å². The van der Waals surface area contributed by atoms with E-state index in [-0.39, 0.29) is 24.6 Å². The third kappa shape index (κ3) is 3.73. The number of nitrogens with one attached hydrogen (secondary N) is 1. The fraction of sp³-hybridized carbons (Fsp3) is 0.524. The molecular formula is C21H25N3O4S. The number of carbonyl (C=O) groups excluding carboxylic acids is 2. The van der Waals surface area contributed by atoms with E-state index in [4.69, 9.17) is 4.74 Å². The molecule has 2 aromatic heterocycles. The lowest BCUT2D eigenvalue weighted by atomic mass is 9.95. The Kier molecular flexibility index (Phi) is 5.54. The van der Waals surface area contributed by atoms with Crippen LogP contribution in [0.25, 0.3) is 0 Å². The van der Waals surface area contributed by atoms with Crippen LogP contribution in [-0.2, 0) is 41.8 Å². The first-order chi connectivity index (χ1) is 14.0. The minimum Gasteiger partial charge on any atom is -0.462 e. The number of aromatic nitrogens is 2. The molecule has 2 aromatic rings. The standard InChI is InChI=1S/C21H25N3O4S/c1-3-28-21(27)18-14-7-4-5-10-16(14)29-19(18)23-17(25)11-24-12(2)22-15-9-6-8-13(15)20(24)26/h3-11H2,1-2H3,(H,23,25). The molecule has 2 aliphatic rings. The van der Waals surface area contributed by atoms with Crippen molar-refractivity contribution < 1.29 is 14.3 Å². The van der Waals surface area contributed by atoms with Gasteiger partial charge in [0.25, 0.3) is 5.56 Å². The molecule has 2 aliphatic carbocycles. The third-order valence-electron chi connectivity index (χ3n) is 5.58. The number of fused-ring (bicyclic) bond motifs is 2. The molecule has 2 heterocycles. The van der Waals surface area contributed by atoms with Crippen molar-refractivity contribution in [2.75, 3.05) is 11.9 Å². The van der Waals surface area contributed by atoms with Gasteiger partial charge in [0.15, 0.2) is 0 Å². The monoisotopic (exact) mass is 415 g/mol. The Morgan fingerprint density at radius 1 is 1.14 bits per heavy atom. The Hall–Kier alpha value is -2.48. The van der Waals surface area contributed by atoms with Crippen LogP contribution >= 0.6 is 11.3 Å². The van der Waals surface area contributed by atoms with E-state index in [9.17, 15) is 14.4 Å². The predicted octanol–water partition coefficient (Wildman–Crippen LogP) is 2.80. The average molecular weight is 416 g/mol. The molecular weight excluding hydrogens is 390 g/mol. The van der Waals surface area contributed by atoms with Crippen LogP contribution in [0.2, 0.25) is 0 Å². The molecule has 0 radical (unpaired) electrons. The number of anilines is 1. The van der Waals surface area contributed by atoms with Gasteiger partial charge in [0.2, 0.25) is 5.91 Å². The highest BCUT2D eigenvalue weighted by molar-refractivity contribution is 7.17. The van der Waals surface area contributed by atoms with Crippen LogP contribution in [0.4, 0.5) is 5.00 Å². The van der Waals surface area contributed by atoms with Crippen LogP contribution in [-0.4, -0.2) is 28.0 Å². The molecule has 0 unspecified atom stereocenters. The van der Waals surface area contributed by atoms with Crippen LogP contribution in [0.15, 0.2) is 4.79 Å². The number of nitrogens with zero attached hydrogens (tertiary/aromatic N) is 2. The van der Waals surface area contributed by atoms with Gasteiger partial charge in [0, 0.05) is 10.4 Å². The molecule has 0 saturated heterocycles. The lowest BCUT2D eigenvalue weighted by Crippen LogP contribution is -2.32. The van der Waals surface area contributed by atoms with Crippen molar-refractivity contribution in [3.63, 3.8) is 0 Å². The van der Waals surface area contributed by atoms with Crippen molar-refractivity contribution in [1.29, 1.82) is 0 Å². The molecule has 1 amide bonds. The minimum absolute atomic E-state index is 0.115. The summed E-state index contributed by atoms with van der Waals surface area (Å²) in [4.78, 5) is 43.7. The second kappa shape index (κ2) is 8.10. The van der Waals surface area contributed by atoms with Gasteiger partial charge in [0.05, 0.1) is 17.9 Å². The van der Waals surface area contributed by atoms with E-state index in [1.165, 1.54) is 15.9 Å². The summed E-state index contributed by atoms with van der Waals surface area (Å²) in [6.45, 7) is 3.69. The number of esters is 1. The minimum atomic E-state index is -0.394. The summed E-state index contributed by atoms with van der Waals surface area (Å²) in [5, 5.41) is 3.40. The summed E-state index contributed by atoms with van der Waals surface area (Å²) in [7, 11) is 0. The van der Waals surface area contributed by atoms with Gasteiger partial charge in [-0.3, -0.25) is 14.2 Å². The van der Waals surface area contributed by atoms with E-state index in [1.54, 1.807) is 13.8 Å². The van der Waals surface area contributed by atoms with Gasteiger partial charge in [-0.25, -0.2) is 9.78 Å². The summed E-state index contributed by atoms with van der Waals surface area (Å²) in [6.07, 6.45) is 6.31. The maximum absolute atomic E-state index is 12.8. The van der Waals surface area contributed by atoms with E-state index in [0.717, 1.165) is 60.2 Å². The molecule has 29 heavy (non-hydrogen) atoms. The summed E-state index contributed by atoms with van der Waals surface area (Å²) in [5.41, 5.74) is 2.94. The highest BCUT2D eigenvalue weighted by Gasteiger charge is 2.27. The molecule has 0 aromatic carbocycles. The molecule has 0 saturated carbocycles. The van der Waals surface area contributed by atoms with Crippen molar-refractivity contribution in [3.05, 3.63) is 43.4 Å². The third-order valence-corrected chi connectivity index (χ3v) is 6.79. The van der Waals surface area contributed by atoms with Gasteiger partial charge in [-0.1, -0.05) is 0 Å². The number of ether oxygens (including phenoxy) is 1. The topological polar surface area (TPSA) is 90.3 Å². The van der Waals surface area contributed by atoms with E-state index in [0.29, 0.717) is 22.8 Å². The fourth-order valence-corrected chi connectivity index (χ4v) is 5.51. The van der Waals surface area contributed by atoms with Crippen LogP contribution in [0.5, 0.6) is 0 Å². The molecule has 7 nitrogen and oxygen atoms in total.